The third-order valence-electron chi connectivity index (χ3n) is 4.81. The Kier molecular flexibility index (Phi) is 7.61. The Hall–Kier alpha value is -3.62. The number of anilines is 1. The number of hydrogen-bond acceptors (Lipinski definition) is 7. The first-order valence-corrected chi connectivity index (χ1v) is 11.5. The number of carbonyl (C=O) groups excluding carboxylic acids is 1. The molecular weight excluding hydrogens is 472 g/mol. The topological polar surface area (TPSA) is 86.2 Å². The predicted octanol–water partition coefficient (Wildman–Crippen LogP) is 5.68. The molecular formula is C25H21ClN4O3S. The number of aromatic nitrogens is 3. The normalized spacial score (nSPS) is 11.5. The fourth-order valence-electron chi connectivity index (χ4n) is 3.11. The molecule has 1 atom stereocenters. The molecule has 9 heteroatoms. The number of hydrogen-bond donors (Lipinski definition) is 1. The summed E-state index contributed by atoms with van der Waals surface area (Å²) >= 11 is 7.38. The summed E-state index contributed by atoms with van der Waals surface area (Å²) in [5.74, 6) is 1.17. The summed E-state index contributed by atoms with van der Waals surface area (Å²) in [6.07, 6.45) is 1.44. The maximum atomic E-state index is 12.4. The van der Waals surface area contributed by atoms with E-state index in [1.54, 1.807) is 44.2 Å². The van der Waals surface area contributed by atoms with Crippen LogP contribution in [0.5, 0.6) is 11.8 Å². The van der Waals surface area contributed by atoms with Gasteiger partial charge in [-0.2, -0.15) is 9.97 Å². The first-order valence-electron chi connectivity index (χ1n) is 10.3. The Morgan fingerprint density at radius 3 is 2.21 bits per heavy atom. The largest absolute Gasteiger partial charge is 0.481 e. The number of nitrogens with zero attached hydrogens (tertiary/aromatic N) is 3. The van der Waals surface area contributed by atoms with E-state index in [1.165, 1.54) is 6.20 Å². The maximum Gasteiger partial charge on any atom is 0.257 e. The van der Waals surface area contributed by atoms with Gasteiger partial charge in [0.2, 0.25) is 11.8 Å². The first-order chi connectivity index (χ1) is 16.6. The molecule has 172 valence electrons. The van der Waals surface area contributed by atoms with Crippen LogP contribution < -0.4 is 14.8 Å². The van der Waals surface area contributed by atoms with Gasteiger partial charge in [-0.05, 0) is 42.0 Å². The van der Waals surface area contributed by atoms with E-state index in [4.69, 9.17) is 21.1 Å². The van der Waals surface area contributed by atoms with Gasteiger partial charge in [-0.25, -0.2) is 4.98 Å². The molecule has 0 aliphatic heterocycles. The molecule has 2 heterocycles. The van der Waals surface area contributed by atoms with Crippen molar-refractivity contribution in [1.82, 2.24) is 15.0 Å². The molecule has 0 spiro atoms. The van der Waals surface area contributed by atoms with E-state index in [0.29, 0.717) is 34.0 Å². The van der Waals surface area contributed by atoms with Gasteiger partial charge in [0, 0.05) is 16.8 Å². The number of amides is 1. The average molecular weight is 493 g/mol. The summed E-state index contributed by atoms with van der Waals surface area (Å²) in [6.45, 7) is 0. The lowest BCUT2D eigenvalue weighted by Crippen LogP contribution is -2.12. The minimum atomic E-state index is -0.261. The van der Waals surface area contributed by atoms with Crippen LogP contribution in [0.1, 0.15) is 27.0 Å². The Morgan fingerprint density at radius 2 is 1.62 bits per heavy atom. The van der Waals surface area contributed by atoms with Crippen LogP contribution in [0, 0.1) is 0 Å². The highest BCUT2D eigenvalue weighted by Gasteiger charge is 2.21. The van der Waals surface area contributed by atoms with Gasteiger partial charge >= 0.3 is 0 Å². The van der Waals surface area contributed by atoms with E-state index >= 15 is 0 Å². The summed E-state index contributed by atoms with van der Waals surface area (Å²) in [5, 5.41) is 3.00. The van der Waals surface area contributed by atoms with Crippen LogP contribution >= 0.6 is 23.4 Å². The summed E-state index contributed by atoms with van der Waals surface area (Å²) in [5.41, 5.74) is 2.13. The number of halogens is 1. The number of carbonyl (C=O) groups is 1. The zero-order valence-corrected chi connectivity index (χ0v) is 20.0. The summed E-state index contributed by atoms with van der Waals surface area (Å²) in [7, 11) is 3.12. The lowest BCUT2D eigenvalue weighted by molar-refractivity contribution is 0.102. The van der Waals surface area contributed by atoms with Gasteiger partial charge in [-0.15, -0.1) is 11.8 Å². The average Bonchev–Trinajstić information content (AvgIpc) is 2.88. The monoisotopic (exact) mass is 492 g/mol. The molecule has 0 aliphatic carbocycles. The number of thioether (sulfide) groups is 1. The minimum absolute atomic E-state index is 0.203. The van der Waals surface area contributed by atoms with Crippen molar-refractivity contribution in [1.29, 1.82) is 0 Å². The second kappa shape index (κ2) is 11.0. The van der Waals surface area contributed by atoms with E-state index in [-0.39, 0.29) is 11.2 Å². The van der Waals surface area contributed by atoms with Crippen LogP contribution in [0.2, 0.25) is 5.15 Å². The van der Waals surface area contributed by atoms with Crippen molar-refractivity contribution in [2.45, 2.75) is 10.1 Å². The standard InChI is InChI=1S/C25H21ClN4O3S/c1-32-21-14-22(33-2)30-24(29-21)23(16-6-4-3-5-7-16)34-19-11-9-18(10-12-19)28-25(31)17-8-13-20(26)27-15-17/h3-15,23H,1-2H3,(H,28,31)/t23-/m0/s1. The van der Waals surface area contributed by atoms with Crippen LogP contribution in [0.4, 0.5) is 5.69 Å². The van der Waals surface area contributed by atoms with Crippen LogP contribution in [-0.4, -0.2) is 35.1 Å². The molecule has 34 heavy (non-hydrogen) atoms. The lowest BCUT2D eigenvalue weighted by atomic mass is 10.1. The van der Waals surface area contributed by atoms with Crippen LogP contribution in [0.15, 0.2) is 83.9 Å². The maximum absolute atomic E-state index is 12.4. The Balaban J connectivity index is 1.56. The number of ether oxygens (including phenoxy) is 2. The van der Waals surface area contributed by atoms with Gasteiger partial charge in [0.15, 0.2) is 5.82 Å². The molecule has 7 nitrogen and oxygen atoms in total. The van der Waals surface area contributed by atoms with Crippen molar-refractivity contribution in [3.8, 4) is 11.8 Å². The van der Waals surface area contributed by atoms with E-state index in [9.17, 15) is 4.79 Å². The quantitative estimate of drug-likeness (QED) is 0.250. The molecule has 0 radical (unpaired) electrons. The summed E-state index contributed by atoms with van der Waals surface area (Å²) < 4.78 is 10.7. The minimum Gasteiger partial charge on any atom is -0.481 e. The number of pyridine rings is 1. The van der Waals surface area contributed by atoms with Crippen molar-refractivity contribution in [3.63, 3.8) is 0 Å². The van der Waals surface area contributed by atoms with Crippen molar-refractivity contribution in [2.75, 3.05) is 19.5 Å². The van der Waals surface area contributed by atoms with Gasteiger partial charge in [-0.3, -0.25) is 4.79 Å². The third-order valence-corrected chi connectivity index (χ3v) is 6.29. The fourth-order valence-corrected chi connectivity index (χ4v) is 4.29. The first kappa shape index (κ1) is 23.5. The molecule has 4 rings (SSSR count). The molecule has 0 fully saturated rings. The molecule has 0 unspecified atom stereocenters. The van der Waals surface area contributed by atoms with E-state index < -0.39 is 0 Å². The summed E-state index contributed by atoms with van der Waals surface area (Å²) in [6, 6.07) is 22.4. The number of rotatable bonds is 8. The van der Waals surface area contributed by atoms with Crippen molar-refractivity contribution in [2.24, 2.45) is 0 Å². The Labute approximate surface area is 206 Å². The molecule has 0 bridgehead atoms. The molecule has 2 aromatic heterocycles. The second-order valence-electron chi connectivity index (χ2n) is 7.07. The number of nitrogens with one attached hydrogen (secondary N) is 1. The summed E-state index contributed by atoms with van der Waals surface area (Å²) in [4.78, 5) is 26.5. The molecule has 0 saturated carbocycles. The molecule has 2 aromatic carbocycles. The van der Waals surface area contributed by atoms with Gasteiger partial charge in [0.05, 0.1) is 31.1 Å². The smallest absolute Gasteiger partial charge is 0.257 e. The van der Waals surface area contributed by atoms with Gasteiger partial charge in [-0.1, -0.05) is 41.9 Å². The molecule has 0 saturated heterocycles. The Bertz CT molecular complexity index is 1230. The fraction of sp³-hybridized carbons (Fsp3) is 0.120. The van der Waals surface area contributed by atoms with Crippen molar-refractivity contribution < 1.29 is 14.3 Å². The van der Waals surface area contributed by atoms with Crippen molar-refractivity contribution in [3.05, 3.63) is 101 Å². The predicted molar refractivity (Wildman–Crippen MR) is 133 cm³/mol. The van der Waals surface area contributed by atoms with E-state index in [2.05, 4.69) is 20.3 Å². The highest BCUT2D eigenvalue weighted by atomic mass is 35.5. The zero-order chi connectivity index (χ0) is 23.9. The SMILES string of the molecule is COc1cc(OC)nc([C@@H](Sc2ccc(NC(=O)c3ccc(Cl)nc3)cc2)c2ccccc2)n1. The van der Waals surface area contributed by atoms with Crippen molar-refractivity contribution >= 4 is 35.0 Å². The number of methoxy groups -OCH3 is 2. The lowest BCUT2D eigenvalue weighted by Gasteiger charge is -2.17. The third kappa shape index (κ3) is 5.84. The Morgan fingerprint density at radius 1 is 0.941 bits per heavy atom. The van der Waals surface area contributed by atoms with Crippen LogP contribution in [0.3, 0.4) is 0 Å². The second-order valence-corrected chi connectivity index (χ2v) is 8.63. The van der Waals surface area contributed by atoms with Gasteiger partial charge < -0.3 is 14.8 Å². The zero-order valence-electron chi connectivity index (χ0n) is 18.4. The van der Waals surface area contributed by atoms with E-state index in [0.717, 1.165) is 10.5 Å². The molecule has 1 amide bonds. The number of benzene rings is 2. The van der Waals surface area contributed by atoms with E-state index in [1.807, 2.05) is 54.6 Å². The molecule has 1 N–H and O–H groups in total. The van der Waals surface area contributed by atoms with Crippen LogP contribution in [0.25, 0.3) is 0 Å². The highest BCUT2D eigenvalue weighted by Crippen LogP contribution is 2.40. The molecule has 4 aromatic rings. The van der Waals surface area contributed by atoms with Gasteiger partial charge in [0.1, 0.15) is 5.15 Å². The highest BCUT2D eigenvalue weighted by molar-refractivity contribution is 7.99. The molecule has 0 aliphatic rings. The van der Waals surface area contributed by atoms with Crippen LogP contribution in [-0.2, 0) is 0 Å². The van der Waals surface area contributed by atoms with Gasteiger partial charge in [0.25, 0.3) is 5.91 Å².